The Morgan fingerprint density at radius 1 is 1.08 bits per heavy atom. The third-order valence-corrected chi connectivity index (χ3v) is 4.38. The van der Waals surface area contributed by atoms with Gasteiger partial charge in [0, 0.05) is 29.7 Å². The fourth-order valence-electron chi connectivity index (χ4n) is 2.50. The molecule has 0 aromatic heterocycles. The van der Waals surface area contributed by atoms with Crippen molar-refractivity contribution in [2.24, 2.45) is 0 Å². The molecule has 1 aliphatic rings. The fourth-order valence-corrected chi connectivity index (χ4v) is 2.99. The molecule has 4 nitrogen and oxygen atoms in total. The van der Waals surface area contributed by atoms with Crippen LogP contribution >= 0.6 is 23.2 Å². The summed E-state index contributed by atoms with van der Waals surface area (Å²) in [6.45, 7) is 2.97. The minimum Gasteiger partial charge on any atom is -0.490 e. The first-order chi connectivity index (χ1) is 12.0. The van der Waals surface area contributed by atoms with Crippen molar-refractivity contribution in [1.82, 2.24) is 0 Å². The number of fused-ring (bicyclic) bond motifs is 1. The summed E-state index contributed by atoms with van der Waals surface area (Å²) in [7, 11) is 0. The second-order valence-electron chi connectivity index (χ2n) is 5.63. The van der Waals surface area contributed by atoms with Crippen molar-refractivity contribution in [1.29, 1.82) is 0 Å². The van der Waals surface area contributed by atoms with Gasteiger partial charge in [-0.1, -0.05) is 41.4 Å². The van der Waals surface area contributed by atoms with Crippen LogP contribution in [-0.2, 0) is 4.79 Å². The van der Waals surface area contributed by atoms with Gasteiger partial charge in [0.25, 0.3) is 0 Å². The molecule has 0 bridgehead atoms. The molecule has 0 saturated heterocycles. The van der Waals surface area contributed by atoms with E-state index >= 15 is 0 Å². The Bertz CT molecular complexity index is 833. The number of rotatable bonds is 3. The number of halogens is 2. The molecule has 0 radical (unpaired) electrons. The largest absolute Gasteiger partial charge is 0.490 e. The van der Waals surface area contributed by atoms with Crippen molar-refractivity contribution in [2.45, 2.75) is 13.3 Å². The molecule has 3 rings (SSSR count). The number of nitrogens with one attached hydrogen (secondary N) is 1. The Morgan fingerprint density at radius 2 is 1.76 bits per heavy atom. The van der Waals surface area contributed by atoms with E-state index in [-0.39, 0.29) is 5.91 Å². The number of hydrogen-bond acceptors (Lipinski definition) is 3. The Hall–Kier alpha value is -2.17. The van der Waals surface area contributed by atoms with Gasteiger partial charge >= 0.3 is 0 Å². The van der Waals surface area contributed by atoms with Gasteiger partial charge in [-0.2, -0.15) is 0 Å². The summed E-state index contributed by atoms with van der Waals surface area (Å²) in [4.78, 5) is 12.3. The average Bonchev–Trinajstić information content (AvgIpc) is 2.80. The molecule has 0 spiro atoms. The third-order valence-electron chi connectivity index (χ3n) is 3.74. The first kappa shape index (κ1) is 17.6. The van der Waals surface area contributed by atoms with Crippen LogP contribution in [0.2, 0.25) is 10.0 Å². The van der Waals surface area contributed by atoms with E-state index in [0.29, 0.717) is 40.4 Å². The Morgan fingerprint density at radius 3 is 2.48 bits per heavy atom. The van der Waals surface area contributed by atoms with E-state index in [4.69, 9.17) is 32.7 Å². The number of carbonyl (C=O) groups excluding carboxylic acids is 1. The van der Waals surface area contributed by atoms with Crippen LogP contribution in [0.5, 0.6) is 11.5 Å². The van der Waals surface area contributed by atoms with Gasteiger partial charge in [-0.15, -0.1) is 0 Å². The quantitative estimate of drug-likeness (QED) is 0.747. The van der Waals surface area contributed by atoms with Crippen LogP contribution in [0.1, 0.15) is 18.9 Å². The van der Waals surface area contributed by atoms with E-state index in [1.54, 1.807) is 18.2 Å². The first-order valence-corrected chi connectivity index (χ1v) is 8.63. The van der Waals surface area contributed by atoms with E-state index in [2.05, 4.69) is 5.32 Å². The van der Waals surface area contributed by atoms with Gasteiger partial charge in [-0.3, -0.25) is 4.79 Å². The lowest BCUT2D eigenvalue weighted by atomic mass is 10.1. The van der Waals surface area contributed by atoms with Crippen LogP contribution in [0.25, 0.3) is 5.57 Å². The molecule has 1 heterocycles. The predicted octanol–water partition coefficient (Wildman–Crippen LogP) is 5.20. The van der Waals surface area contributed by atoms with Crippen molar-refractivity contribution >= 4 is 40.4 Å². The summed E-state index contributed by atoms with van der Waals surface area (Å²) in [5, 5.41) is 3.76. The smallest absolute Gasteiger partial charge is 0.248 e. The summed E-state index contributed by atoms with van der Waals surface area (Å²) in [6.07, 6.45) is 2.29. The van der Waals surface area contributed by atoms with Crippen molar-refractivity contribution in [3.05, 3.63) is 58.1 Å². The molecule has 1 aliphatic heterocycles. The second-order valence-corrected chi connectivity index (χ2v) is 6.44. The number of carbonyl (C=O) groups is 1. The highest BCUT2D eigenvalue weighted by Crippen LogP contribution is 2.37. The zero-order valence-electron chi connectivity index (χ0n) is 13.6. The van der Waals surface area contributed by atoms with Crippen molar-refractivity contribution < 1.29 is 14.3 Å². The SMILES string of the molecule is CC(=CC(=O)Nc1cc2c(cc1Cl)OCCCO2)c1ccccc1Cl. The molecule has 2 aromatic carbocycles. The van der Waals surface area contributed by atoms with Gasteiger partial charge in [-0.05, 0) is 24.1 Å². The number of benzene rings is 2. The standard InChI is InChI=1S/C19H17Cl2NO3/c1-12(13-5-2-3-6-14(13)20)9-19(23)22-16-11-18-17(10-15(16)21)24-7-4-8-25-18/h2-3,5-6,9-11H,4,7-8H2,1H3,(H,22,23). The van der Waals surface area contributed by atoms with Gasteiger partial charge < -0.3 is 14.8 Å². The van der Waals surface area contributed by atoms with Gasteiger partial charge in [0.1, 0.15) is 0 Å². The topological polar surface area (TPSA) is 47.6 Å². The van der Waals surface area contributed by atoms with E-state index in [0.717, 1.165) is 17.6 Å². The zero-order chi connectivity index (χ0) is 17.8. The summed E-state index contributed by atoms with van der Waals surface area (Å²) in [5.41, 5.74) is 2.04. The predicted molar refractivity (Wildman–Crippen MR) is 101 cm³/mol. The van der Waals surface area contributed by atoms with Crippen molar-refractivity contribution in [3.63, 3.8) is 0 Å². The average molecular weight is 378 g/mol. The molecule has 0 saturated carbocycles. The highest BCUT2D eigenvalue weighted by Gasteiger charge is 2.15. The molecule has 1 N–H and O–H groups in total. The Kier molecular flexibility index (Phi) is 5.51. The molecule has 130 valence electrons. The maximum absolute atomic E-state index is 12.3. The molecule has 0 atom stereocenters. The zero-order valence-corrected chi connectivity index (χ0v) is 15.2. The lowest BCUT2D eigenvalue weighted by Gasteiger charge is -2.12. The minimum atomic E-state index is -0.297. The number of hydrogen-bond donors (Lipinski definition) is 1. The molecule has 0 aliphatic carbocycles. The van der Waals surface area contributed by atoms with Crippen LogP contribution in [0.3, 0.4) is 0 Å². The van der Waals surface area contributed by atoms with Gasteiger partial charge in [0.15, 0.2) is 11.5 Å². The number of amides is 1. The summed E-state index contributed by atoms with van der Waals surface area (Å²) >= 11 is 12.4. The minimum absolute atomic E-state index is 0.297. The molecule has 2 aromatic rings. The Labute approximate surface area is 156 Å². The van der Waals surface area contributed by atoms with Crippen LogP contribution in [0.4, 0.5) is 5.69 Å². The second kappa shape index (κ2) is 7.81. The van der Waals surface area contributed by atoms with Crippen LogP contribution in [0, 0.1) is 0 Å². The van der Waals surface area contributed by atoms with Crippen LogP contribution in [-0.4, -0.2) is 19.1 Å². The van der Waals surface area contributed by atoms with E-state index in [9.17, 15) is 4.79 Å². The van der Waals surface area contributed by atoms with Gasteiger partial charge in [-0.25, -0.2) is 0 Å². The van der Waals surface area contributed by atoms with Crippen molar-refractivity contribution in [3.8, 4) is 11.5 Å². The molecular formula is C19H17Cl2NO3. The van der Waals surface area contributed by atoms with Gasteiger partial charge in [0.2, 0.25) is 5.91 Å². The first-order valence-electron chi connectivity index (χ1n) is 7.88. The molecule has 0 unspecified atom stereocenters. The lowest BCUT2D eigenvalue weighted by Crippen LogP contribution is -2.09. The summed E-state index contributed by atoms with van der Waals surface area (Å²) < 4.78 is 11.2. The molecule has 0 fully saturated rings. The van der Waals surface area contributed by atoms with Gasteiger partial charge in [0.05, 0.1) is 23.9 Å². The number of ether oxygens (including phenoxy) is 2. The molecule has 1 amide bonds. The molecule has 6 heteroatoms. The number of anilines is 1. The van der Waals surface area contributed by atoms with Crippen LogP contribution < -0.4 is 14.8 Å². The lowest BCUT2D eigenvalue weighted by molar-refractivity contribution is -0.111. The summed E-state index contributed by atoms with van der Waals surface area (Å²) in [6, 6.07) is 10.7. The highest BCUT2D eigenvalue weighted by atomic mass is 35.5. The number of allylic oxidation sites excluding steroid dienone is 1. The Balaban J connectivity index is 1.80. The van der Waals surface area contributed by atoms with E-state index in [1.165, 1.54) is 6.08 Å². The maximum Gasteiger partial charge on any atom is 0.248 e. The van der Waals surface area contributed by atoms with E-state index in [1.807, 2.05) is 25.1 Å². The maximum atomic E-state index is 12.3. The monoisotopic (exact) mass is 377 g/mol. The molecular weight excluding hydrogens is 361 g/mol. The third kappa shape index (κ3) is 4.27. The fraction of sp³-hybridized carbons (Fsp3) is 0.211. The normalized spacial score (nSPS) is 14.0. The van der Waals surface area contributed by atoms with Crippen molar-refractivity contribution in [2.75, 3.05) is 18.5 Å². The van der Waals surface area contributed by atoms with Crippen LogP contribution in [0.15, 0.2) is 42.5 Å². The molecule has 25 heavy (non-hydrogen) atoms. The highest BCUT2D eigenvalue weighted by molar-refractivity contribution is 6.34. The van der Waals surface area contributed by atoms with E-state index < -0.39 is 0 Å². The summed E-state index contributed by atoms with van der Waals surface area (Å²) in [5.74, 6) is 0.862.